The molecule has 0 saturated heterocycles. The van der Waals surface area contributed by atoms with Crippen molar-refractivity contribution in [2.24, 2.45) is 0 Å². The second kappa shape index (κ2) is 4.94. The van der Waals surface area contributed by atoms with Crippen LogP contribution in [0.2, 0.25) is 0 Å². The zero-order valence-corrected chi connectivity index (χ0v) is 13.4. The van der Waals surface area contributed by atoms with Gasteiger partial charge in [-0.25, -0.2) is 0 Å². The topological polar surface area (TPSA) is 52.0 Å². The van der Waals surface area contributed by atoms with Gasteiger partial charge in [0.15, 0.2) is 0 Å². The molecule has 18 heavy (non-hydrogen) atoms. The van der Waals surface area contributed by atoms with Crippen LogP contribution in [0.5, 0.6) is 0 Å². The third-order valence-corrected chi connectivity index (χ3v) is 4.66. The van der Waals surface area contributed by atoms with Crippen LogP contribution in [-0.4, -0.2) is 0 Å². The van der Waals surface area contributed by atoms with Crippen molar-refractivity contribution >= 4 is 43.2 Å². The molecule has 2 aromatic rings. The molecule has 2 aromatic carbocycles. The van der Waals surface area contributed by atoms with E-state index in [1.54, 1.807) is 0 Å². The highest BCUT2D eigenvalue weighted by molar-refractivity contribution is 9.10. The molecular weight excluding hydrogens is 356 g/mol. The molecule has 4 N–H and O–H groups in total. The lowest BCUT2D eigenvalue weighted by Gasteiger charge is -2.13. The Morgan fingerprint density at radius 3 is 1.39 bits per heavy atom. The van der Waals surface area contributed by atoms with Gasteiger partial charge in [-0.1, -0.05) is 31.9 Å². The molecule has 0 radical (unpaired) electrons. The molecule has 0 aliphatic carbocycles. The van der Waals surface area contributed by atoms with Crippen molar-refractivity contribution in [3.05, 3.63) is 44.3 Å². The minimum Gasteiger partial charge on any atom is -0.398 e. The van der Waals surface area contributed by atoms with Gasteiger partial charge in [0.25, 0.3) is 0 Å². The number of anilines is 2. The molecule has 2 nitrogen and oxygen atoms in total. The summed E-state index contributed by atoms with van der Waals surface area (Å²) in [6, 6.07) is 7.94. The van der Waals surface area contributed by atoms with Gasteiger partial charge >= 0.3 is 0 Å². The quantitative estimate of drug-likeness (QED) is 0.718. The van der Waals surface area contributed by atoms with Crippen molar-refractivity contribution in [3.63, 3.8) is 0 Å². The first-order valence-electron chi connectivity index (χ1n) is 5.51. The largest absolute Gasteiger partial charge is 0.398 e. The fourth-order valence-electron chi connectivity index (χ4n) is 1.86. The minimum atomic E-state index is 0.723. The molecule has 0 fully saturated rings. The van der Waals surface area contributed by atoms with Crippen molar-refractivity contribution in [2.45, 2.75) is 13.8 Å². The van der Waals surface area contributed by atoms with Crippen molar-refractivity contribution in [1.29, 1.82) is 0 Å². The average molecular weight is 370 g/mol. The van der Waals surface area contributed by atoms with Gasteiger partial charge in [-0.2, -0.15) is 0 Å². The molecule has 0 heterocycles. The number of rotatable bonds is 1. The Morgan fingerprint density at radius 2 is 1.06 bits per heavy atom. The van der Waals surface area contributed by atoms with E-state index in [1.807, 2.05) is 26.0 Å². The van der Waals surface area contributed by atoms with Crippen LogP contribution in [0.1, 0.15) is 11.1 Å². The summed E-state index contributed by atoms with van der Waals surface area (Å²) in [4.78, 5) is 0. The fourth-order valence-corrected chi connectivity index (χ4v) is 2.58. The van der Waals surface area contributed by atoms with E-state index in [0.29, 0.717) is 0 Å². The second-order valence-corrected chi connectivity index (χ2v) is 6.09. The standard InChI is InChI=1S/C14H14Br2N2/c1-7-3-9(13(17)5-11(7)15)10-4-8(2)12(16)6-14(10)18/h3-6H,17-18H2,1-2H3. The first kappa shape index (κ1) is 13.4. The zero-order valence-electron chi connectivity index (χ0n) is 10.2. The predicted molar refractivity (Wildman–Crippen MR) is 85.6 cm³/mol. The number of hydrogen-bond donors (Lipinski definition) is 2. The molecule has 0 saturated carbocycles. The van der Waals surface area contributed by atoms with E-state index in [9.17, 15) is 0 Å². The predicted octanol–water partition coefficient (Wildman–Crippen LogP) is 4.66. The molecule has 0 aliphatic heterocycles. The monoisotopic (exact) mass is 368 g/mol. The molecule has 0 atom stereocenters. The third-order valence-electron chi connectivity index (χ3n) is 2.95. The number of nitrogens with two attached hydrogens (primary N) is 2. The van der Waals surface area contributed by atoms with Crippen LogP contribution in [0.3, 0.4) is 0 Å². The molecule has 0 bridgehead atoms. The van der Waals surface area contributed by atoms with Crippen molar-refractivity contribution in [1.82, 2.24) is 0 Å². The summed E-state index contributed by atoms with van der Waals surface area (Å²) in [7, 11) is 0. The SMILES string of the molecule is Cc1cc(-c2cc(C)c(Br)cc2N)c(N)cc1Br. The molecule has 4 heteroatoms. The summed E-state index contributed by atoms with van der Waals surface area (Å²) >= 11 is 6.96. The second-order valence-electron chi connectivity index (χ2n) is 4.38. The molecule has 2 rings (SSSR count). The zero-order chi connectivity index (χ0) is 13.4. The molecule has 0 aliphatic rings. The minimum absolute atomic E-state index is 0.723. The van der Waals surface area contributed by atoms with Gasteiger partial charge < -0.3 is 11.5 Å². The Hall–Kier alpha value is -1.00. The highest BCUT2D eigenvalue weighted by Gasteiger charge is 2.10. The summed E-state index contributed by atoms with van der Waals surface area (Å²) in [6.07, 6.45) is 0. The highest BCUT2D eigenvalue weighted by Crippen LogP contribution is 2.36. The Kier molecular flexibility index (Phi) is 3.69. The van der Waals surface area contributed by atoms with Gasteiger partial charge in [-0.3, -0.25) is 0 Å². The van der Waals surface area contributed by atoms with Gasteiger partial charge in [-0.15, -0.1) is 0 Å². The normalized spacial score (nSPS) is 10.7. The van der Waals surface area contributed by atoms with Crippen LogP contribution in [0.25, 0.3) is 11.1 Å². The van der Waals surface area contributed by atoms with Crippen LogP contribution in [0.15, 0.2) is 33.2 Å². The molecular formula is C14H14Br2N2. The summed E-state index contributed by atoms with van der Waals surface area (Å²) < 4.78 is 2.02. The Labute approximate surface area is 124 Å². The van der Waals surface area contributed by atoms with E-state index >= 15 is 0 Å². The lowest BCUT2D eigenvalue weighted by Crippen LogP contribution is -1.97. The van der Waals surface area contributed by atoms with Gasteiger partial charge in [0.1, 0.15) is 0 Å². The lowest BCUT2D eigenvalue weighted by atomic mass is 9.98. The van der Waals surface area contributed by atoms with E-state index in [2.05, 4.69) is 44.0 Å². The maximum atomic E-state index is 6.08. The maximum absolute atomic E-state index is 6.08. The Bertz CT molecular complexity index is 566. The van der Waals surface area contributed by atoms with Crippen molar-refractivity contribution < 1.29 is 0 Å². The summed E-state index contributed by atoms with van der Waals surface area (Å²) in [6.45, 7) is 4.07. The van der Waals surface area contributed by atoms with Crippen LogP contribution in [-0.2, 0) is 0 Å². The van der Waals surface area contributed by atoms with Crippen LogP contribution >= 0.6 is 31.9 Å². The number of nitrogen functional groups attached to an aromatic ring is 2. The van der Waals surface area contributed by atoms with Crippen LogP contribution in [0.4, 0.5) is 11.4 Å². The fraction of sp³-hybridized carbons (Fsp3) is 0.143. The smallest absolute Gasteiger partial charge is 0.0406 e. The summed E-state index contributed by atoms with van der Waals surface area (Å²) in [5.41, 5.74) is 17.8. The van der Waals surface area contributed by atoms with Gasteiger partial charge in [0, 0.05) is 31.4 Å². The van der Waals surface area contributed by atoms with Gasteiger partial charge in [-0.05, 0) is 49.2 Å². The molecule has 0 aromatic heterocycles. The molecule has 94 valence electrons. The van der Waals surface area contributed by atoms with E-state index in [4.69, 9.17) is 11.5 Å². The Morgan fingerprint density at radius 1 is 0.722 bits per heavy atom. The van der Waals surface area contributed by atoms with E-state index < -0.39 is 0 Å². The first-order chi connectivity index (χ1) is 8.40. The lowest BCUT2D eigenvalue weighted by molar-refractivity contribution is 1.40. The van der Waals surface area contributed by atoms with E-state index in [0.717, 1.165) is 42.6 Å². The summed E-state index contributed by atoms with van der Waals surface area (Å²) in [5.74, 6) is 0. The summed E-state index contributed by atoms with van der Waals surface area (Å²) in [5, 5.41) is 0. The van der Waals surface area contributed by atoms with E-state index in [1.165, 1.54) is 0 Å². The van der Waals surface area contributed by atoms with E-state index in [-0.39, 0.29) is 0 Å². The number of benzene rings is 2. The average Bonchev–Trinajstić information content (AvgIpc) is 2.29. The highest BCUT2D eigenvalue weighted by atomic mass is 79.9. The van der Waals surface area contributed by atoms with Gasteiger partial charge in [0.2, 0.25) is 0 Å². The third kappa shape index (κ3) is 2.40. The van der Waals surface area contributed by atoms with Gasteiger partial charge in [0.05, 0.1) is 0 Å². The first-order valence-corrected chi connectivity index (χ1v) is 7.10. The number of hydrogen-bond acceptors (Lipinski definition) is 2. The van der Waals surface area contributed by atoms with Crippen LogP contribution < -0.4 is 11.5 Å². The Balaban J connectivity index is 2.69. The van der Waals surface area contributed by atoms with Crippen LogP contribution in [0, 0.1) is 13.8 Å². The van der Waals surface area contributed by atoms with Crippen molar-refractivity contribution in [2.75, 3.05) is 11.5 Å². The van der Waals surface area contributed by atoms with Crippen molar-refractivity contribution in [3.8, 4) is 11.1 Å². The molecule has 0 amide bonds. The number of aryl methyl sites for hydroxylation is 2. The molecule has 0 spiro atoms. The number of halogens is 2. The molecule has 0 unspecified atom stereocenters. The maximum Gasteiger partial charge on any atom is 0.0406 e.